The zero-order chi connectivity index (χ0) is 34.6. The Morgan fingerprint density at radius 3 is 2.35 bits per heavy atom. The molecule has 2 atom stereocenters. The van der Waals surface area contributed by atoms with Gasteiger partial charge in [-0.25, -0.2) is 40.7 Å². The molecule has 1 saturated heterocycles. The number of sulfonamides is 1. The SMILES string of the molecule is COc1ccc(CN(c2ncc(F)cn2)S(=O)(=O)c2cc(F)cc(OCC3CN(C(=O)O)CC[C@@H]3c3ccc(Cl)cc3)c2F)c(OC)c1. The van der Waals surface area contributed by atoms with E-state index in [-0.39, 0.29) is 36.9 Å². The molecule has 1 aliphatic heterocycles. The number of hydrogen-bond donors (Lipinski definition) is 1. The molecule has 48 heavy (non-hydrogen) atoms. The number of rotatable bonds is 11. The maximum absolute atomic E-state index is 16.1. The summed E-state index contributed by atoms with van der Waals surface area (Å²) in [4.78, 5) is 19.4. The maximum Gasteiger partial charge on any atom is 0.407 e. The van der Waals surface area contributed by atoms with E-state index >= 15 is 8.78 Å². The van der Waals surface area contributed by atoms with Crippen LogP contribution in [0.15, 0.2) is 71.9 Å². The Hall–Kier alpha value is -4.76. The lowest BCUT2D eigenvalue weighted by Crippen LogP contribution is -2.44. The summed E-state index contributed by atoms with van der Waals surface area (Å²) in [5, 5.41) is 10.1. The molecule has 0 spiro atoms. The Morgan fingerprint density at radius 2 is 1.71 bits per heavy atom. The summed E-state index contributed by atoms with van der Waals surface area (Å²) >= 11 is 6.04. The summed E-state index contributed by atoms with van der Waals surface area (Å²) in [7, 11) is -2.22. The smallest absolute Gasteiger partial charge is 0.407 e. The second-order valence-corrected chi connectivity index (χ2v) is 13.1. The maximum atomic E-state index is 16.1. The van der Waals surface area contributed by atoms with Gasteiger partial charge in [-0.05, 0) is 48.2 Å². The third kappa shape index (κ3) is 7.52. The first-order chi connectivity index (χ1) is 22.9. The summed E-state index contributed by atoms with van der Waals surface area (Å²) in [6, 6.07) is 12.7. The van der Waals surface area contributed by atoms with Crippen LogP contribution in [-0.4, -0.2) is 68.4 Å². The Morgan fingerprint density at radius 1 is 1.00 bits per heavy atom. The summed E-state index contributed by atoms with van der Waals surface area (Å²) in [6.45, 7) is -0.520. The first kappa shape index (κ1) is 34.6. The molecular weight excluding hydrogens is 677 g/mol. The summed E-state index contributed by atoms with van der Waals surface area (Å²) in [6.07, 6.45) is 0.744. The molecule has 1 fully saturated rings. The number of piperidine rings is 1. The van der Waals surface area contributed by atoms with Crippen LogP contribution >= 0.6 is 11.6 Å². The molecule has 4 aromatic rings. The van der Waals surface area contributed by atoms with Crippen molar-refractivity contribution in [3.05, 3.63) is 101 Å². The van der Waals surface area contributed by atoms with Crippen molar-refractivity contribution in [1.29, 1.82) is 0 Å². The van der Waals surface area contributed by atoms with E-state index < -0.39 is 62.6 Å². The number of halogens is 4. The zero-order valence-electron chi connectivity index (χ0n) is 25.6. The van der Waals surface area contributed by atoms with Crippen LogP contribution in [0, 0.1) is 23.4 Å². The lowest BCUT2D eigenvalue weighted by molar-refractivity contribution is 0.0926. The van der Waals surface area contributed by atoms with Crippen LogP contribution in [0.4, 0.5) is 23.9 Å². The first-order valence-electron chi connectivity index (χ1n) is 14.5. The molecule has 1 aromatic heterocycles. The topological polar surface area (TPSA) is 131 Å². The predicted octanol–water partition coefficient (Wildman–Crippen LogP) is 6.12. The Bertz CT molecular complexity index is 1890. The molecule has 5 rings (SSSR count). The largest absolute Gasteiger partial charge is 0.497 e. The number of benzene rings is 3. The molecule has 0 bridgehead atoms. The van der Waals surface area contributed by atoms with Gasteiger partial charge < -0.3 is 24.2 Å². The summed E-state index contributed by atoms with van der Waals surface area (Å²) in [5.74, 6) is -4.74. The third-order valence-electron chi connectivity index (χ3n) is 7.93. The average Bonchev–Trinajstić information content (AvgIpc) is 3.08. The molecule has 0 aliphatic carbocycles. The van der Waals surface area contributed by atoms with Gasteiger partial charge in [-0.2, -0.15) is 0 Å². The summed E-state index contributed by atoms with van der Waals surface area (Å²) < 4.78 is 90.0. The monoisotopic (exact) mass is 706 g/mol. The number of carboxylic acid groups (broad SMARTS) is 1. The Kier molecular flexibility index (Phi) is 10.5. The van der Waals surface area contributed by atoms with Crippen molar-refractivity contribution in [2.75, 3.05) is 38.2 Å². The molecule has 3 aromatic carbocycles. The van der Waals surface area contributed by atoms with Gasteiger partial charge in [0.15, 0.2) is 17.4 Å². The number of carbonyl (C=O) groups is 1. The lowest BCUT2D eigenvalue weighted by Gasteiger charge is -2.37. The standard InChI is InChI=1S/C32H30ClF3N4O7S/c1-45-25-8-5-20(27(13-25)46-2)17-40(31-37-14-24(35)15-38-31)48(43,44)29-12-23(34)11-28(30(29)36)47-18-21-16-39(32(41)42)10-9-26(21)19-3-6-22(33)7-4-19/h3-8,11-15,21,26H,9-10,16-18H2,1-2H3,(H,41,42)/t21?,26-/m1/s1. The van der Waals surface area contributed by atoms with Crippen LogP contribution in [-0.2, 0) is 16.6 Å². The van der Waals surface area contributed by atoms with E-state index in [1.807, 2.05) is 0 Å². The van der Waals surface area contributed by atoms with Gasteiger partial charge in [-0.3, -0.25) is 0 Å². The van der Waals surface area contributed by atoms with Crippen molar-refractivity contribution in [3.63, 3.8) is 0 Å². The minimum Gasteiger partial charge on any atom is -0.497 e. The number of ether oxygens (including phenoxy) is 3. The zero-order valence-corrected chi connectivity index (χ0v) is 27.2. The molecule has 11 nitrogen and oxygen atoms in total. The van der Waals surface area contributed by atoms with E-state index in [0.29, 0.717) is 33.6 Å². The third-order valence-corrected chi connectivity index (χ3v) is 9.91. The van der Waals surface area contributed by atoms with Crippen molar-refractivity contribution in [1.82, 2.24) is 14.9 Å². The lowest BCUT2D eigenvalue weighted by atomic mass is 9.81. The average molecular weight is 707 g/mol. The van der Waals surface area contributed by atoms with Crippen molar-refractivity contribution in [2.24, 2.45) is 5.92 Å². The van der Waals surface area contributed by atoms with Gasteiger partial charge in [0, 0.05) is 41.7 Å². The fourth-order valence-electron chi connectivity index (χ4n) is 5.51. The molecule has 16 heteroatoms. The number of methoxy groups -OCH3 is 2. The van der Waals surface area contributed by atoms with E-state index in [4.69, 9.17) is 25.8 Å². The molecule has 1 unspecified atom stereocenters. The number of anilines is 1. The highest BCUT2D eigenvalue weighted by Crippen LogP contribution is 2.37. The molecular formula is C32H30ClF3N4O7S. The second-order valence-electron chi connectivity index (χ2n) is 10.9. The van der Waals surface area contributed by atoms with E-state index in [9.17, 15) is 22.7 Å². The highest BCUT2D eigenvalue weighted by molar-refractivity contribution is 7.92. The van der Waals surface area contributed by atoms with Gasteiger partial charge >= 0.3 is 6.09 Å². The van der Waals surface area contributed by atoms with Gasteiger partial charge in [0.2, 0.25) is 5.95 Å². The normalized spacial score (nSPS) is 16.3. The van der Waals surface area contributed by atoms with Gasteiger partial charge in [-0.15, -0.1) is 0 Å². The molecule has 0 radical (unpaired) electrons. The van der Waals surface area contributed by atoms with Crippen LogP contribution in [0.2, 0.25) is 5.02 Å². The summed E-state index contributed by atoms with van der Waals surface area (Å²) in [5.41, 5.74) is 1.13. The number of likely N-dealkylation sites (tertiary alicyclic amines) is 1. The van der Waals surface area contributed by atoms with Crippen LogP contribution in [0.1, 0.15) is 23.5 Å². The highest BCUT2D eigenvalue weighted by atomic mass is 35.5. The minimum absolute atomic E-state index is 0.0318. The van der Waals surface area contributed by atoms with Crippen LogP contribution in [0.3, 0.4) is 0 Å². The second kappa shape index (κ2) is 14.6. The van der Waals surface area contributed by atoms with Crippen molar-refractivity contribution < 1.29 is 45.7 Å². The van der Waals surface area contributed by atoms with Crippen molar-refractivity contribution >= 4 is 33.7 Å². The molecule has 254 valence electrons. The number of nitrogens with zero attached hydrogens (tertiary/aromatic N) is 4. The highest BCUT2D eigenvalue weighted by Gasteiger charge is 2.36. The van der Waals surface area contributed by atoms with E-state index in [1.54, 1.807) is 24.3 Å². The molecule has 2 heterocycles. The van der Waals surface area contributed by atoms with Crippen LogP contribution < -0.4 is 18.5 Å². The fourth-order valence-corrected chi connectivity index (χ4v) is 7.08. The van der Waals surface area contributed by atoms with E-state index in [2.05, 4.69) is 9.97 Å². The predicted molar refractivity (Wildman–Crippen MR) is 169 cm³/mol. The Balaban J connectivity index is 1.50. The number of hydrogen-bond acceptors (Lipinski definition) is 8. The van der Waals surface area contributed by atoms with E-state index in [1.165, 1.54) is 37.3 Å². The molecule has 1 N–H and O–H groups in total. The number of aromatic nitrogens is 2. The Labute approximate surface area is 279 Å². The first-order valence-corrected chi connectivity index (χ1v) is 16.3. The molecule has 0 saturated carbocycles. The fraction of sp³-hybridized carbons (Fsp3) is 0.281. The minimum atomic E-state index is -5.00. The van der Waals surface area contributed by atoms with Crippen LogP contribution in [0.25, 0.3) is 0 Å². The van der Waals surface area contributed by atoms with Crippen molar-refractivity contribution in [3.8, 4) is 17.2 Å². The van der Waals surface area contributed by atoms with Crippen molar-refractivity contribution in [2.45, 2.75) is 23.8 Å². The van der Waals surface area contributed by atoms with Crippen LogP contribution in [0.5, 0.6) is 17.2 Å². The van der Waals surface area contributed by atoms with Gasteiger partial charge in [0.1, 0.15) is 22.2 Å². The van der Waals surface area contributed by atoms with Gasteiger partial charge in [-0.1, -0.05) is 23.7 Å². The van der Waals surface area contributed by atoms with Gasteiger partial charge in [0.25, 0.3) is 10.0 Å². The quantitative estimate of drug-likeness (QED) is 0.196. The molecule has 1 amide bonds. The molecule has 1 aliphatic rings. The van der Waals surface area contributed by atoms with E-state index in [0.717, 1.165) is 18.0 Å². The van der Waals surface area contributed by atoms with Gasteiger partial charge in [0.05, 0.1) is 39.8 Å². The number of amides is 1.